The van der Waals surface area contributed by atoms with Crippen LogP contribution in [0.25, 0.3) is 0 Å². The Hall–Kier alpha value is -1.55. The molecule has 20 heavy (non-hydrogen) atoms. The highest BCUT2D eigenvalue weighted by Crippen LogP contribution is 2.22. The summed E-state index contributed by atoms with van der Waals surface area (Å²) in [6, 6.07) is 5.56. The quantitative estimate of drug-likeness (QED) is 0.616. The van der Waals surface area contributed by atoms with Gasteiger partial charge in [-0.15, -0.1) is 0 Å². The second-order valence-electron chi connectivity index (χ2n) is 4.71. The summed E-state index contributed by atoms with van der Waals surface area (Å²) >= 11 is 0. The SMILES string of the molecule is CCCCCC(=O)COCc1cc(OC)cc(OC)c1. The maximum absolute atomic E-state index is 11.6. The van der Waals surface area contributed by atoms with Crippen LogP contribution in [0, 0.1) is 0 Å². The molecular formula is C16H24O4. The fraction of sp³-hybridized carbons (Fsp3) is 0.562. The van der Waals surface area contributed by atoms with Crippen LogP contribution in [-0.4, -0.2) is 26.6 Å². The summed E-state index contributed by atoms with van der Waals surface area (Å²) in [5, 5.41) is 0. The summed E-state index contributed by atoms with van der Waals surface area (Å²) in [6.45, 7) is 2.67. The van der Waals surface area contributed by atoms with Gasteiger partial charge in [0.1, 0.15) is 18.1 Å². The van der Waals surface area contributed by atoms with E-state index in [1.54, 1.807) is 20.3 Å². The Kier molecular flexibility index (Phi) is 7.73. The lowest BCUT2D eigenvalue weighted by Crippen LogP contribution is -2.08. The van der Waals surface area contributed by atoms with Gasteiger partial charge in [-0.25, -0.2) is 0 Å². The standard InChI is InChI=1S/C16H24O4/c1-4-5-6-7-14(17)12-20-11-13-8-15(18-2)10-16(9-13)19-3/h8-10H,4-7,11-12H2,1-3H3. The van der Waals surface area contributed by atoms with E-state index in [2.05, 4.69) is 6.92 Å². The number of hydrogen-bond donors (Lipinski definition) is 0. The molecule has 0 unspecified atom stereocenters. The summed E-state index contributed by atoms with van der Waals surface area (Å²) in [5.74, 6) is 1.60. The number of ether oxygens (including phenoxy) is 3. The minimum atomic E-state index is 0.160. The second kappa shape index (κ2) is 9.37. The normalized spacial score (nSPS) is 10.3. The summed E-state index contributed by atoms with van der Waals surface area (Å²) in [4.78, 5) is 11.6. The van der Waals surface area contributed by atoms with Gasteiger partial charge in [0, 0.05) is 12.5 Å². The fourth-order valence-corrected chi connectivity index (χ4v) is 1.88. The van der Waals surface area contributed by atoms with Crippen LogP contribution < -0.4 is 9.47 Å². The molecule has 0 fully saturated rings. The maximum atomic E-state index is 11.6. The van der Waals surface area contributed by atoms with Crippen molar-refractivity contribution in [2.24, 2.45) is 0 Å². The monoisotopic (exact) mass is 280 g/mol. The van der Waals surface area contributed by atoms with Crippen molar-refractivity contribution in [1.82, 2.24) is 0 Å². The van der Waals surface area contributed by atoms with Gasteiger partial charge >= 0.3 is 0 Å². The molecule has 0 bridgehead atoms. The largest absolute Gasteiger partial charge is 0.497 e. The Bertz CT molecular complexity index is 393. The van der Waals surface area contributed by atoms with E-state index in [0.29, 0.717) is 13.0 Å². The lowest BCUT2D eigenvalue weighted by atomic mass is 10.1. The number of unbranched alkanes of at least 4 members (excludes halogenated alkanes) is 2. The van der Waals surface area contributed by atoms with E-state index >= 15 is 0 Å². The molecule has 112 valence electrons. The van der Waals surface area contributed by atoms with Crippen molar-refractivity contribution in [2.75, 3.05) is 20.8 Å². The zero-order valence-corrected chi connectivity index (χ0v) is 12.6. The van der Waals surface area contributed by atoms with Crippen LogP contribution in [0.15, 0.2) is 18.2 Å². The molecule has 0 amide bonds. The number of carbonyl (C=O) groups is 1. The van der Waals surface area contributed by atoms with Crippen molar-refractivity contribution in [3.8, 4) is 11.5 Å². The third-order valence-electron chi connectivity index (χ3n) is 3.00. The van der Waals surface area contributed by atoms with Gasteiger partial charge in [-0.1, -0.05) is 19.8 Å². The van der Waals surface area contributed by atoms with Gasteiger partial charge in [0.2, 0.25) is 0 Å². The number of benzene rings is 1. The van der Waals surface area contributed by atoms with Crippen LogP contribution in [0.5, 0.6) is 11.5 Å². The molecule has 4 heteroatoms. The van der Waals surface area contributed by atoms with Crippen molar-refractivity contribution in [3.63, 3.8) is 0 Å². The molecule has 0 saturated heterocycles. The van der Waals surface area contributed by atoms with Crippen LogP contribution in [0.4, 0.5) is 0 Å². The van der Waals surface area contributed by atoms with Gasteiger partial charge < -0.3 is 14.2 Å². The molecule has 0 aliphatic heterocycles. The van der Waals surface area contributed by atoms with E-state index in [9.17, 15) is 4.79 Å². The van der Waals surface area contributed by atoms with Crippen molar-refractivity contribution >= 4 is 5.78 Å². The Balaban J connectivity index is 2.39. The molecular weight excluding hydrogens is 256 g/mol. The highest BCUT2D eigenvalue weighted by molar-refractivity contribution is 5.79. The molecule has 0 aliphatic rings. The lowest BCUT2D eigenvalue weighted by molar-refractivity contribution is -0.124. The molecule has 0 radical (unpaired) electrons. The molecule has 0 aliphatic carbocycles. The Morgan fingerprint density at radius 3 is 2.25 bits per heavy atom. The Morgan fingerprint density at radius 1 is 1.05 bits per heavy atom. The number of rotatable bonds is 10. The summed E-state index contributed by atoms with van der Waals surface area (Å²) in [7, 11) is 3.22. The van der Waals surface area contributed by atoms with Gasteiger partial charge in [-0.2, -0.15) is 0 Å². The molecule has 0 atom stereocenters. The van der Waals surface area contributed by atoms with Crippen LogP contribution in [0.1, 0.15) is 38.2 Å². The average Bonchev–Trinajstić information content (AvgIpc) is 2.47. The number of methoxy groups -OCH3 is 2. The minimum Gasteiger partial charge on any atom is -0.497 e. The Morgan fingerprint density at radius 2 is 1.70 bits per heavy atom. The van der Waals surface area contributed by atoms with Gasteiger partial charge in [0.25, 0.3) is 0 Å². The number of carbonyl (C=O) groups excluding carboxylic acids is 1. The first-order chi connectivity index (χ1) is 9.69. The first-order valence-corrected chi connectivity index (χ1v) is 7.01. The summed E-state index contributed by atoms with van der Waals surface area (Å²) < 4.78 is 15.8. The van der Waals surface area contributed by atoms with Crippen molar-refractivity contribution < 1.29 is 19.0 Å². The highest BCUT2D eigenvalue weighted by atomic mass is 16.5. The van der Waals surface area contributed by atoms with E-state index in [1.165, 1.54) is 0 Å². The van der Waals surface area contributed by atoms with E-state index < -0.39 is 0 Å². The zero-order valence-electron chi connectivity index (χ0n) is 12.6. The predicted octanol–water partition coefficient (Wildman–Crippen LogP) is 3.37. The van der Waals surface area contributed by atoms with E-state index in [1.807, 2.05) is 12.1 Å². The summed E-state index contributed by atoms with van der Waals surface area (Å²) in [5.41, 5.74) is 0.933. The van der Waals surface area contributed by atoms with Crippen LogP contribution in [0.3, 0.4) is 0 Å². The third-order valence-corrected chi connectivity index (χ3v) is 3.00. The first kappa shape index (κ1) is 16.5. The fourth-order valence-electron chi connectivity index (χ4n) is 1.88. The van der Waals surface area contributed by atoms with Crippen molar-refractivity contribution in [2.45, 2.75) is 39.2 Å². The molecule has 0 heterocycles. The smallest absolute Gasteiger partial charge is 0.158 e. The van der Waals surface area contributed by atoms with Crippen LogP contribution >= 0.6 is 0 Å². The average molecular weight is 280 g/mol. The second-order valence-corrected chi connectivity index (χ2v) is 4.71. The molecule has 0 spiro atoms. The van der Waals surface area contributed by atoms with E-state index in [4.69, 9.17) is 14.2 Å². The molecule has 0 aromatic heterocycles. The number of Topliss-reactive ketones (excluding diaryl/α,β-unsaturated/α-hetero) is 1. The van der Waals surface area contributed by atoms with Crippen LogP contribution in [0.2, 0.25) is 0 Å². The molecule has 0 N–H and O–H groups in total. The highest BCUT2D eigenvalue weighted by Gasteiger charge is 2.05. The molecule has 1 aromatic carbocycles. The van der Waals surface area contributed by atoms with Crippen molar-refractivity contribution in [3.05, 3.63) is 23.8 Å². The van der Waals surface area contributed by atoms with Crippen LogP contribution in [-0.2, 0) is 16.1 Å². The molecule has 0 saturated carbocycles. The van der Waals surface area contributed by atoms with Gasteiger partial charge in [0.15, 0.2) is 5.78 Å². The van der Waals surface area contributed by atoms with Gasteiger partial charge in [0.05, 0.1) is 20.8 Å². The lowest BCUT2D eigenvalue weighted by Gasteiger charge is -2.09. The molecule has 1 aromatic rings. The summed E-state index contributed by atoms with van der Waals surface area (Å²) in [6.07, 6.45) is 3.78. The van der Waals surface area contributed by atoms with Crippen molar-refractivity contribution in [1.29, 1.82) is 0 Å². The topological polar surface area (TPSA) is 44.8 Å². The molecule has 4 nitrogen and oxygen atoms in total. The predicted molar refractivity (Wildman–Crippen MR) is 78.4 cm³/mol. The third kappa shape index (κ3) is 6.06. The van der Waals surface area contributed by atoms with E-state index in [-0.39, 0.29) is 12.4 Å². The number of hydrogen-bond acceptors (Lipinski definition) is 4. The van der Waals surface area contributed by atoms with Gasteiger partial charge in [-0.05, 0) is 24.1 Å². The first-order valence-electron chi connectivity index (χ1n) is 7.01. The zero-order chi connectivity index (χ0) is 14.8. The maximum Gasteiger partial charge on any atom is 0.158 e. The van der Waals surface area contributed by atoms with E-state index in [0.717, 1.165) is 36.3 Å². The van der Waals surface area contributed by atoms with Gasteiger partial charge in [-0.3, -0.25) is 4.79 Å². The minimum absolute atomic E-state index is 0.160. The molecule has 1 rings (SSSR count). The Labute approximate surface area is 121 Å². The number of ketones is 1.